The van der Waals surface area contributed by atoms with Crippen molar-refractivity contribution in [2.45, 2.75) is 33.1 Å². The monoisotopic (exact) mass is 283 g/mol. The normalized spacial score (nSPS) is 10.9. The number of hydrogen-bond acceptors (Lipinski definition) is 2. The van der Waals surface area contributed by atoms with Crippen molar-refractivity contribution in [2.24, 2.45) is 0 Å². The van der Waals surface area contributed by atoms with Crippen molar-refractivity contribution in [1.29, 1.82) is 0 Å². The highest BCUT2D eigenvalue weighted by Gasteiger charge is 2.19. The van der Waals surface area contributed by atoms with Crippen LogP contribution in [0.4, 0.5) is 0 Å². The number of hydrogen-bond donors (Lipinski definition) is 0. The molecule has 0 spiro atoms. The van der Waals surface area contributed by atoms with Crippen LogP contribution in [0.3, 0.4) is 0 Å². The molecule has 1 aromatic carbocycles. The van der Waals surface area contributed by atoms with Gasteiger partial charge in [-0.2, -0.15) is 0 Å². The first kappa shape index (κ1) is 13.4. The van der Waals surface area contributed by atoms with Crippen LogP contribution in [0, 0.1) is 0 Å². The summed E-state index contributed by atoms with van der Waals surface area (Å²) in [7, 11) is 0. The molecule has 0 N–H and O–H groups in total. The molecule has 2 aromatic rings. The average molecular weight is 284 g/mol. The first-order valence-electron chi connectivity index (χ1n) is 6.10. The lowest BCUT2D eigenvalue weighted by atomic mass is 10.0. The van der Waals surface area contributed by atoms with E-state index in [0.717, 1.165) is 41.8 Å². The maximum Gasteiger partial charge on any atom is 0.140 e. The molecular weight excluding hydrogens is 269 g/mol. The van der Waals surface area contributed by atoms with E-state index in [4.69, 9.17) is 27.7 Å². The number of halogens is 2. The summed E-state index contributed by atoms with van der Waals surface area (Å²) >= 11 is 12.4. The maximum absolute atomic E-state index is 6.21. The highest BCUT2D eigenvalue weighted by atomic mass is 35.5. The number of benzene rings is 1. The standard InChI is InChI=1S/C14H15Cl2NO/c1-3-6-12-9(4-2)14(17-18-12)13-10(15)7-5-8-11(13)16/h5,7-8H,3-4,6H2,1-2H3. The predicted molar refractivity (Wildman–Crippen MR) is 75.3 cm³/mol. The van der Waals surface area contributed by atoms with Gasteiger partial charge in [0.1, 0.15) is 11.5 Å². The van der Waals surface area contributed by atoms with Crippen LogP contribution in [0.15, 0.2) is 22.7 Å². The molecule has 0 saturated heterocycles. The van der Waals surface area contributed by atoms with E-state index in [2.05, 4.69) is 19.0 Å². The molecule has 0 radical (unpaired) electrons. The number of nitrogens with zero attached hydrogens (tertiary/aromatic N) is 1. The van der Waals surface area contributed by atoms with Crippen LogP contribution in [-0.4, -0.2) is 5.16 Å². The van der Waals surface area contributed by atoms with Crippen molar-refractivity contribution in [3.63, 3.8) is 0 Å². The van der Waals surface area contributed by atoms with Gasteiger partial charge in [-0.05, 0) is 25.0 Å². The molecule has 0 saturated carbocycles. The molecule has 18 heavy (non-hydrogen) atoms. The second-order valence-electron chi connectivity index (χ2n) is 4.13. The second-order valence-corrected chi connectivity index (χ2v) is 4.95. The van der Waals surface area contributed by atoms with Gasteiger partial charge in [-0.15, -0.1) is 0 Å². The Morgan fingerprint density at radius 3 is 2.39 bits per heavy atom. The SMILES string of the molecule is CCCc1onc(-c2c(Cl)cccc2Cl)c1CC. The van der Waals surface area contributed by atoms with Crippen molar-refractivity contribution in [1.82, 2.24) is 5.16 Å². The van der Waals surface area contributed by atoms with Gasteiger partial charge >= 0.3 is 0 Å². The first-order valence-corrected chi connectivity index (χ1v) is 6.86. The molecule has 4 heteroatoms. The number of aryl methyl sites for hydroxylation is 1. The third-order valence-electron chi connectivity index (χ3n) is 2.90. The fourth-order valence-corrected chi connectivity index (χ4v) is 2.63. The number of aromatic nitrogens is 1. The number of rotatable bonds is 4. The van der Waals surface area contributed by atoms with E-state index in [-0.39, 0.29) is 0 Å². The van der Waals surface area contributed by atoms with Gasteiger partial charge in [0, 0.05) is 17.5 Å². The van der Waals surface area contributed by atoms with Crippen LogP contribution in [0.2, 0.25) is 10.0 Å². The van der Waals surface area contributed by atoms with E-state index in [1.54, 1.807) is 0 Å². The van der Waals surface area contributed by atoms with E-state index in [1.807, 2.05) is 18.2 Å². The lowest BCUT2D eigenvalue weighted by Gasteiger charge is -2.05. The Kier molecular flexibility index (Phi) is 4.31. The summed E-state index contributed by atoms with van der Waals surface area (Å²) in [5.41, 5.74) is 2.65. The van der Waals surface area contributed by atoms with Gasteiger partial charge in [0.15, 0.2) is 0 Å². The van der Waals surface area contributed by atoms with Crippen molar-refractivity contribution in [3.05, 3.63) is 39.6 Å². The molecule has 96 valence electrons. The molecule has 0 aliphatic carbocycles. The van der Waals surface area contributed by atoms with Crippen LogP contribution in [0.5, 0.6) is 0 Å². The van der Waals surface area contributed by atoms with Gasteiger partial charge in [0.2, 0.25) is 0 Å². The minimum absolute atomic E-state index is 0.605. The van der Waals surface area contributed by atoms with Crippen molar-refractivity contribution in [2.75, 3.05) is 0 Å². The van der Waals surface area contributed by atoms with Crippen molar-refractivity contribution >= 4 is 23.2 Å². The zero-order chi connectivity index (χ0) is 13.1. The van der Waals surface area contributed by atoms with Gasteiger partial charge in [-0.3, -0.25) is 0 Å². The Labute approximate surface area is 117 Å². The minimum Gasteiger partial charge on any atom is -0.360 e. The predicted octanol–water partition coefficient (Wildman–Crippen LogP) is 5.16. The molecular formula is C14H15Cl2NO. The lowest BCUT2D eigenvalue weighted by molar-refractivity contribution is 0.382. The molecule has 1 heterocycles. The molecule has 2 nitrogen and oxygen atoms in total. The topological polar surface area (TPSA) is 26.0 Å². The third kappa shape index (κ3) is 2.40. The molecule has 0 atom stereocenters. The van der Waals surface area contributed by atoms with Crippen molar-refractivity contribution < 1.29 is 4.52 Å². The quantitative estimate of drug-likeness (QED) is 0.774. The Morgan fingerprint density at radius 1 is 1.17 bits per heavy atom. The highest BCUT2D eigenvalue weighted by molar-refractivity contribution is 6.39. The maximum atomic E-state index is 6.21. The zero-order valence-corrected chi connectivity index (χ0v) is 12.0. The molecule has 1 aromatic heterocycles. The van der Waals surface area contributed by atoms with E-state index in [9.17, 15) is 0 Å². The molecule has 2 rings (SSSR count). The van der Waals surface area contributed by atoms with Gasteiger partial charge in [0.25, 0.3) is 0 Å². The molecule has 0 aliphatic heterocycles. The summed E-state index contributed by atoms with van der Waals surface area (Å²) < 4.78 is 5.42. The summed E-state index contributed by atoms with van der Waals surface area (Å²) in [4.78, 5) is 0. The fraction of sp³-hybridized carbons (Fsp3) is 0.357. The largest absolute Gasteiger partial charge is 0.360 e. The summed E-state index contributed by atoms with van der Waals surface area (Å²) in [5.74, 6) is 0.936. The fourth-order valence-electron chi connectivity index (χ4n) is 2.05. The van der Waals surface area contributed by atoms with Crippen LogP contribution in [-0.2, 0) is 12.8 Å². The first-order chi connectivity index (χ1) is 8.69. The van der Waals surface area contributed by atoms with Crippen LogP contribution >= 0.6 is 23.2 Å². The highest BCUT2D eigenvalue weighted by Crippen LogP contribution is 2.37. The van der Waals surface area contributed by atoms with E-state index in [0.29, 0.717) is 10.0 Å². The van der Waals surface area contributed by atoms with Crippen LogP contribution < -0.4 is 0 Å². The van der Waals surface area contributed by atoms with Crippen LogP contribution in [0.25, 0.3) is 11.3 Å². The zero-order valence-electron chi connectivity index (χ0n) is 10.5. The van der Waals surface area contributed by atoms with E-state index >= 15 is 0 Å². The summed E-state index contributed by atoms with van der Waals surface area (Å²) in [6.07, 6.45) is 2.77. The Hall–Kier alpha value is -0.990. The molecule has 0 aliphatic rings. The van der Waals surface area contributed by atoms with Crippen LogP contribution in [0.1, 0.15) is 31.6 Å². The van der Waals surface area contributed by atoms with E-state index in [1.165, 1.54) is 0 Å². The minimum atomic E-state index is 0.605. The lowest BCUT2D eigenvalue weighted by Crippen LogP contribution is -1.91. The molecule has 0 unspecified atom stereocenters. The van der Waals surface area contributed by atoms with Gasteiger partial charge in [0.05, 0.1) is 10.0 Å². The molecule has 0 bridgehead atoms. The Bertz CT molecular complexity index is 528. The summed E-state index contributed by atoms with van der Waals surface area (Å²) in [6.45, 7) is 4.20. The van der Waals surface area contributed by atoms with Gasteiger partial charge in [-0.25, -0.2) is 0 Å². The molecule has 0 amide bonds. The van der Waals surface area contributed by atoms with Crippen molar-refractivity contribution in [3.8, 4) is 11.3 Å². The molecule has 0 fully saturated rings. The summed E-state index contributed by atoms with van der Waals surface area (Å²) in [5, 5.41) is 5.36. The average Bonchev–Trinajstić information content (AvgIpc) is 2.72. The Morgan fingerprint density at radius 2 is 1.83 bits per heavy atom. The Balaban J connectivity index is 2.57. The van der Waals surface area contributed by atoms with Gasteiger partial charge in [-0.1, -0.05) is 48.3 Å². The van der Waals surface area contributed by atoms with E-state index < -0.39 is 0 Å². The second kappa shape index (κ2) is 5.77. The third-order valence-corrected chi connectivity index (χ3v) is 3.53. The summed E-state index contributed by atoms with van der Waals surface area (Å²) in [6, 6.07) is 5.46. The smallest absolute Gasteiger partial charge is 0.140 e. The van der Waals surface area contributed by atoms with Gasteiger partial charge < -0.3 is 4.52 Å².